The lowest BCUT2D eigenvalue weighted by Crippen LogP contribution is -2.38. The number of hydrogen-bond donors (Lipinski definition) is 3. The van der Waals surface area contributed by atoms with Crippen molar-refractivity contribution in [2.24, 2.45) is 5.41 Å². The average molecular weight is 665 g/mol. The quantitative estimate of drug-likeness (QED) is 0.204. The Morgan fingerprint density at radius 2 is 1.55 bits per heavy atom. The molecule has 3 atom stereocenters. The molecule has 2 amide bonds. The highest BCUT2D eigenvalue weighted by Gasteiger charge is 2.62. The molecule has 2 aromatic heterocycles. The summed E-state index contributed by atoms with van der Waals surface area (Å²) in [6.07, 6.45) is 3.76. The van der Waals surface area contributed by atoms with E-state index in [9.17, 15) is 14.7 Å². The second kappa shape index (κ2) is 11.9. The Bertz CT molecular complexity index is 1950. The van der Waals surface area contributed by atoms with Gasteiger partial charge >= 0.3 is 12.2 Å². The lowest BCUT2D eigenvalue weighted by Gasteiger charge is -2.28. The van der Waals surface area contributed by atoms with Crippen LogP contribution in [0.2, 0.25) is 0 Å². The molecule has 1 saturated carbocycles. The first-order valence-electron chi connectivity index (χ1n) is 17.0. The maximum Gasteiger partial charge on any atom is 0.411 e. The van der Waals surface area contributed by atoms with Gasteiger partial charge in [-0.2, -0.15) is 0 Å². The van der Waals surface area contributed by atoms with Crippen LogP contribution in [-0.2, 0) is 9.47 Å². The van der Waals surface area contributed by atoms with E-state index in [2.05, 4.69) is 26.8 Å². The number of ether oxygens (including phenoxy) is 2. The summed E-state index contributed by atoms with van der Waals surface area (Å²) in [4.78, 5) is 45.4. The molecule has 7 rings (SSSR count). The highest BCUT2D eigenvalue weighted by Crippen LogP contribution is 2.58. The Morgan fingerprint density at radius 1 is 0.898 bits per heavy atom. The summed E-state index contributed by atoms with van der Waals surface area (Å²) in [5.41, 5.74) is 3.63. The van der Waals surface area contributed by atoms with Crippen LogP contribution in [-0.4, -0.2) is 77.4 Å². The number of aromatic nitrogens is 4. The van der Waals surface area contributed by atoms with Crippen LogP contribution in [0.15, 0.2) is 48.7 Å². The predicted octanol–water partition coefficient (Wildman–Crippen LogP) is 6.86. The third-order valence-electron chi connectivity index (χ3n) is 9.39. The fourth-order valence-electron chi connectivity index (χ4n) is 6.81. The van der Waals surface area contributed by atoms with Crippen LogP contribution in [0.3, 0.4) is 0 Å². The number of H-pyrrole nitrogens is 2. The van der Waals surface area contributed by atoms with Crippen LogP contribution in [0.5, 0.6) is 0 Å². The zero-order valence-electron chi connectivity index (χ0n) is 29.0. The minimum atomic E-state index is -0.709. The number of aromatic amines is 2. The summed E-state index contributed by atoms with van der Waals surface area (Å²) in [6, 6.07) is 13.0. The Hall–Kier alpha value is -4.82. The smallest absolute Gasteiger partial charge is 0.411 e. The Kier molecular flexibility index (Phi) is 7.98. The first-order valence-corrected chi connectivity index (χ1v) is 17.0. The number of rotatable bonds is 3. The molecule has 2 saturated heterocycles. The van der Waals surface area contributed by atoms with Gasteiger partial charge < -0.3 is 24.5 Å². The molecule has 1 aliphatic carbocycles. The predicted molar refractivity (Wildman–Crippen MR) is 184 cm³/mol. The summed E-state index contributed by atoms with van der Waals surface area (Å²) >= 11 is 0. The Balaban J connectivity index is 1.04. The van der Waals surface area contributed by atoms with Crippen molar-refractivity contribution in [3.05, 3.63) is 71.4 Å². The summed E-state index contributed by atoms with van der Waals surface area (Å²) < 4.78 is 11.3. The topological polar surface area (TPSA) is 137 Å². The number of carbonyl (C=O) groups excluding carboxylic acids is 2. The van der Waals surface area contributed by atoms with Crippen molar-refractivity contribution in [1.82, 2.24) is 29.7 Å². The monoisotopic (exact) mass is 664 g/mol. The summed E-state index contributed by atoms with van der Waals surface area (Å²) in [5, 5.41) is 11.2. The number of imidazole rings is 2. The molecule has 2 aromatic carbocycles. The lowest BCUT2D eigenvalue weighted by atomic mass is 9.99. The number of amides is 2. The van der Waals surface area contributed by atoms with Gasteiger partial charge in [0.1, 0.15) is 28.9 Å². The number of fused-ring (bicyclic) bond motifs is 1. The second-order valence-corrected chi connectivity index (χ2v) is 15.6. The molecule has 11 heteroatoms. The number of benzene rings is 2. The van der Waals surface area contributed by atoms with E-state index in [1.807, 2.05) is 84.0 Å². The molecule has 2 aliphatic heterocycles. The van der Waals surface area contributed by atoms with Crippen molar-refractivity contribution in [3.63, 3.8) is 0 Å². The third kappa shape index (κ3) is 6.75. The number of aliphatic hydroxyl groups excluding tert-OH is 1. The van der Waals surface area contributed by atoms with Gasteiger partial charge in [-0.25, -0.2) is 19.6 Å². The van der Waals surface area contributed by atoms with E-state index >= 15 is 0 Å². The number of hydrogen-bond acceptors (Lipinski definition) is 7. The van der Waals surface area contributed by atoms with Crippen LogP contribution < -0.4 is 0 Å². The van der Waals surface area contributed by atoms with Gasteiger partial charge in [0.05, 0.1) is 35.1 Å². The Morgan fingerprint density at radius 3 is 2.22 bits per heavy atom. The molecule has 0 unspecified atom stereocenters. The van der Waals surface area contributed by atoms with Gasteiger partial charge in [-0.1, -0.05) is 24.0 Å². The van der Waals surface area contributed by atoms with E-state index in [0.717, 1.165) is 64.9 Å². The molecule has 4 heterocycles. The standard InChI is InChI=1S/C38H44N6O5/c1-36(2,3)48-34(46)43-19-7-8-29(43)32-40-26-16-13-24(20-27(26)41-32)10-9-23-11-14-25(15-12-23)28-21-39-33(42-28)30-31(45)38(17-18-38)22-44(30)35(47)49-37(4,5)6/h11-16,20-21,29-31,45H,7-8,17-19,22H2,1-6H3,(H,39,42)(H,40,41)/t29-,30-,31-/m0/s1. The van der Waals surface area contributed by atoms with Crippen LogP contribution in [0.25, 0.3) is 22.3 Å². The van der Waals surface area contributed by atoms with E-state index in [1.165, 1.54) is 0 Å². The molecule has 4 aromatic rings. The van der Waals surface area contributed by atoms with Gasteiger partial charge in [-0.15, -0.1) is 0 Å². The molecule has 3 aliphatic rings. The van der Waals surface area contributed by atoms with Crippen molar-refractivity contribution >= 4 is 23.2 Å². The second-order valence-electron chi connectivity index (χ2n) is 15.6. The highest BCUT2D eigenvalue weighted by atomic mass is 16.6. The minimum absolute atomic E-state index is 0.150. The fourth-order valence-corrected chi connectivity index (χ4v) is 6.81. The molecule has 0 bridgehead atoms. The first kappa shape index (κ1) is 32.7. The maximum atomic E-state index is 13.1. The molecule has 3 N–H and O–H groups in total. The van der Waals surface area contributed by atoms with Gasteiger partial charge in [0.25, 0.3) is 0 Å². The van der Waals surface area contributed by atoms with Crippen LogP contribution in [0.4, 0.5) is 9.59 Å². The average Bonchev–Trinajstić information content (AvgIpc) is 3.43. The van der Waals surface area contributed by atoms with Gasteiger partial charge in [-0.05, 0) is 103 Å². The van der Waals surface area contributed by atoms with Crippen LogP contribution in [0, 0.1) is 17.3 Å². The maximum absolute atomic E-state index is 13.1. The molecule has 256 valence electrons. The normalized spacial score (nSPS) is 21.6. The van der Waals surface area contributed by atoms with E-state index in [1.54, 1.807) is 16.0 Å². The van der Waals surface area contributed by atoms with Crippen molar-refractivity contribution in [2.75, 3.05) is 13.1 Å². The largest absolute Gasteiger partial charge is 0.444 e. The van der Waals surface area contributed by atoms with Crippen molar-refractivity contribution < 1.29 is 24.2 Å². The highest BCUT2D eigenvalue weighted by molar-refractivity contribution is 5.77. The summed E-state index contributed by atoms with van der Waals surface area (Å²) in [6.45, 7) is 12.2. The number of likely N-dealkylation sites (tertiary alicyclic amines) is 2. The van der Waals surface area contributed by atoms with Crippen molar-refractivity contribution in [2.45, 2.75) is 96.6 Å². The van der Waals surface area contributed by atoms with Gasteiger partial charge in [0.2, 0.25) is 0 Å². The SMILES string of the molecule is CC(C)(C)OC(=O)N1CC2(CC2)[C@@H](O)[C@H]1c1ncc(-c2ccc(C#Cc3ccc4nc([C@@H]5CCCN5C(=O)OC(C)(C)C)[nH]c4c3)cc2)[nH]1. The molecular formula is C38H44N6O5. The zero-order chi connectivity index (χ0) is 34.7. The van der Waals surface area contributed by atoms with E-state index in [4.69, 9.17) is 14.5 Å². The first-order chi connectivity index (χ1) is 23.2. The number of carbonyl (C=O) groups is 2. The van der Waals surface area contributed by atoms with Gasteiger partial charge in [0, 0.05) is 29.6 Å². The summed E-state index contributed by atoms with van der Waals surface area (Å²) in [5.74, 6) is 7.81. The van der Waals surface area contributed by atoms with E-state index in [-0.39, 0.29) is 17.6 Å². The van der Waals surface area contributed by atoms with E-state index < -0.39 is 29.4 Å². The van der Waals surface area contributed by atoms with Crippen molar-refractivity contribution in [3.8, 4) is 23.1 Å². The molecule has 49 heavy (non-hydrogen) atoms. The summed E-state index contributed by atoms with van der Waals surface area (Å²) in [7, 11) is 0. The zero-order valence-corrected chi connectivity index (χ0v) is 29.0. The fraction of sp³-hybridized carbons (Fsp3) is 0.474. The number of aliphatic hydroxyl groups is 1. The Labute approximate surface area is 286 Å². The minimum Gasteiger partial charge on any atom is -0.444 e. The van der Waals surface area contributed by atoms with Crippen LogP contribution in [0.1, 0.15) is 102 Å². The molecule has 11 nitrogen and oxygen atoms in total. The van der Waals surface area contributed by atoms with Crippen molar-refractivity contribution in [1.29, 1.82) is 0 Å². The van der Waals surface area contributed by atoms with Gasteiger partial charge in [-0.3, -0.25) is 9.80 Å². The number of nitrogens with zero attached hydrogens (tertiary/aromatic N) is 4. The molecular weight excluding hydrogens is 620 g/mol. The van der Waals surface area contributed by atoms with Crippen LogP contribution >= 0.6 is 0 Å². The third-order valence-corrected chi connectivity index (χ3v) is 9.39. The van der Waals surface area contributed by atoms with Gasteiger partial charge in [0.15, 0.2) is 0 Å². The molecule has 0 radical (unpaired) electrons. The van der Waals surface area contributed by atoms with E-state index in [0.29, 0.717) is 18.9 Å². The lowest BCUT2D eigenvalue weighted by molar-refractivity contribution is 0.0136. The number of nitrogens with one attached hydrogen (secondary N) is 2. The molecule has 3 fully saturated rings. The molecule has 1 spiro atoms.